The van der Waals surface area contributed by atoms with Gasteiger partial charge in [-0.1, -0.05) is 6.92 Å². The molecule has 2 N–H and O–H groups in total. The Balaban J connectivity index is 2.13. The molecule has 1 rings (SSSR count). The van der Waals surface area contributed by atoms with Crippen LogP contribution in [0.4, 0.5) is 0 Å². The molecule has 0 atom stereocenters. The number of rotatable bonds is 9. The molecule has 114 valence electrons. The fourth-order valence-electron chi connectivity index (χ4n) is 1.98. The summed E-state index contributed by atoms with van der Waals surface area (Å²) < 4.78 is 23.8. The third kappa shape index (κ3) is 7.84. The lowest BCUT2D eigenvalue weighted by molar-refractivity contribution is 0.135. The van der Waals surface area contributed by atoms with E-state index in [1.165, 1.54) is 0 Å². The van der Waals surface area contributed by atoms with Crippen molar-refractivity contribution in [1.82, 2.24) is 20.1 Å². The molecule has 1 fully saturated rings. The van der Waals surface area contributed by atoms with Gasteiger partial charge in [0.2, 0.25) is 10.0 Å². The van der Waals surface area contributed by atoms with Gasteiger partial charge in [-0.15, -0.1) is 4.83 Å². The lowest BCUT2D eigenvalue weighted by atomic mass is 10.3. The maximum atomic E-state index is 11.9. The second kappa shape index (κ2) is 8.86. The minimum atomic E-state index is -3.16. The maximum absolute atomic E-state index is 11.9. The second-order valence-electron chi connectivity index (χ2n) is 5.16. The number of nitrogens with one attached hydrogen (secondary N) is 2. The van der Waals surface area contributed by atoms with Crippen LogP contribution in [0, 0.1) is 0 Å². The Labute approximate surface area is 117 Å². The van der Waals surface area contributed by atoms with Gasteiger partial charge in [0.25, 0.3) is 0 Å². The fourth-order valence-corrected chi connectivity index (χ4v) is 3.24. The number of hydrogen-bond donors (Lipinski definition) is 2. The smallest absolute Gasteiger partial charge is 0.224 e. The van der Waals surface area contributed by atoms with Gasteiger partial charge in [-0.25, -0.2) is 13.4 Å². The van der Waals surface area contributed by atoms with Crippen LogP contribution in [0.3, 0.4) is 0 Å². The van der Waals surface area contributed by atoms with Gasteiger partial charge in [-0.3, -0.25) is 0 Å². The van der Waals surface area contributed by atoms with Crippen molar-refractivity contribution in [3.05, 3.63) is 0 Å². The molecule has 0 amide bonds. The minimum absolute atomic E-state index is 0.215. The molecule has 0 radical (unpaired) electrons. The van der Waals surface area contributed by atoms with Crippen molar-refractivity contribution in [2.45, 2.75) is 26.2 Å². The molecule has 0 spiro atoms. The Kier molecular flexibility index (Phi) is 7.86. The molecule has 0 aromatic carbocycles. The molecule has 0 unspecified atom stereocenters. The van der Waals surface area contributed by atoms with Crippen molar-refractivity contribution < 1.29 is 8.42 Å². The highest BCUT2D eigenvalue weighted by Gasteiger charge is 2.19. The SMILES string of the molecule is CCCNCCCCS(=O)(=O)NN1CCN(C)CC1. The molecular formula is C12H28N4O2S. The van der Waals surface area contributed by atoms with Gasteiger partial charge in [-0.2, -0.15) is 0 Å². The van der Waals surface area contributed by atoms with Crippen LogP contribution in [-0.4, -0.2) is 70.4 Å². The summed E-state index contributed by atoms with van der Waals surface area (Å²) in [5.74, 6) is 0.215. The fraction of sp³-hybridized carbons (Fsp3) is 1.00. The number of unbranched alkanes of at least 4 members (excludes halogenated alkanes) is 1. The molecule has 1 heterocycles. The Hall–Kier alpha value is -0.210. The number of hydrogen-bond acceptors (Lipinski definition) is 5. The van der Waals surface area contributed by atoms with Gasteiger partial charge in [-0.05, 0) is 39.4 Å². The molecule has 0 aliphatic carbocycles. The Morgan fingerprint density at radius 3 is 2.37 bits per heavy atom. The molecule has 1 aliphatic rings. The molecule has 0 bridgehead atoms. The Morgan fingerprint density at radius 1 is 1.05 bits per heavy atom. The van der Waals surface area contributed by atoms with Crippen molar-refractivity contribution in [3.63, 3.8) is 0 Å². The monoisotopic (exact) mass is 292 g/mol. The van der Waals surface area contributed by atoms with E-state index in [0.717, 1.165) is 52.1 Å². The van der Waals surface area contributed by atoms with Crippen LogP contribution < -0.4 is 10.1 Å². The molecule has 1 saturated heterocycles. The maximum Gasteiger partial charge on any atom is 0.224 e. The van der Waals surface area contributed by atoms with E-state index < -0.39 is 10.0 Å². The predicted molar refractivity (Wildman–Crippen MR) is 78.4 cm³/mol. The number of hydrazine groups is 1. The Bertz CT molecular complexity index is 327. The van der Waals surface area contributed by atoms with Gasteiger partial charge in [0.15, 0.2) is 0 Å². The zero-order valence-corrected chi connectivity index (χ0v) is 13.0. The van der Waals surface area contributed by atoms with E-state index in [2.05, 4.69) is 29.0 Å². The third-order valence-corrected chi connectivity index (χ3v) is 4.58. The van der Waals surface area contributed by atoms with Gasteiger partial charge in [0, 0.05) is 26.2 Å². The summed E-state index contributed by atoms with van der Waals surface area (Å²) in [5, 5.41) is 5.09. The molecule has 7 heteroatoms. The van der Waals surface area contributed by atoms with Crippen LogP contribution in [0.15, 0.2) is 0 Å². The molecule has 1 aliphatic heterocycles. The molecular weight excluding hydrogens is 264 g/mol. The lowest BCUT2D eigenvalue weighted by Gasteiger charge is -2.32. The van der Waals surface area contributed by atoms with E-state index in [-0.39, 0.29) is 5.75 Å². The predicted octanol–water partition coefficient (Wildman–Crippen LogP) is -0.152. The average molecular weight is 292 g/mol. The van der Waals surface area contributed by atoms with Crippen LogP contribution in [0.1, 0.15) is 26.2 Å². The molecule has 19 heavy (non-hydrogen) atoms. The number of likely N-dealkylation sites (N-methyl/N-ethyl adjacent to an activating group) is 1. The van der Waals surface area contributed by atoms with Crippen molar-refractivity contribution in [2.24, 2.45) is 0 Å². The van der Waals surface area contributed by atoms with Crippen LogP contribution in [0.25, 0.3) is 0 Å². The summed E-state index contributed by atoms with van der Waals surface area (Å²) in [7, 11) is -1.11. The van der Waals surface area contributed by atoms with Gasteiger partial charge < -0.3 is 10.2 Å². The van der Waals surface area contributed by atoms with E-state index in [1.807, 2.05) is 5.01 Å². The quantitative estimate of drug-likeness (QED) is 0.579. The summed E-state index contributed by atoms with van der Waals surface area (Å²) in [5.41, 5.74) is 0. The van der Waals surface area contributed by atoms with E-state index in [0.29, 0.717) is 6.42 Å². The topological polar surface area (TPSA) is 64.7 Å². The second-order valence-corrected chi connectivity index (χ2v) is 6.98. The van der Waals surface area contributed by atoms with Crippen LogP contribution in [0.2, 0.25) is 0 Å². The lowest BCUT2D eigenvalue weighted by Crippen LogP contribution is -2.52. The van der Waals surface area contributed by atoms with Crippen molar-refractivity contribution in [3.8, 4) is 0 Å². The summed E-state index contributed by atoms with van der Waals surface area (Å²) >= 11 is 0. The first-order valence-corrected chi connectivity index (χ1v) is 8.83. The molecule has 6 nitrogen and oxygen atoms in total. The van der Waals surface area contributed by atoms with E-state index in [4.69, 9.17) is 0 Å². The van der Waals surface area contributed by atoms with Crippen molar-refractivity contribution in [1.29, 1.82) is 0 Å². The van der Waals surface area contributed by atoms with Crippen molar-refractivity contribution in [2.75, 3.05) is 52.1 Å². The highest BCUT2D eigenvalue weighted by Crippen LogP contribution is 2.00. The van der Waals surface area contributed by atoms with E-state index in [1.54, 1.807) is 0 Å². The Morgan fingerprint density at radius 2 is 1.74 bits per heavy atom. The first kappa shape index (κ1) is 16.8. The highest BCUT2D eigenvalue weighted by atomic mass is 32.2. The third-order valence-electron chi connectivity index (χ3n) is 3.21. The van der Waals surface area contributed by atoms with Crippen molar-refractivity contribution >= 4 is 10.0 Å². The van der Waals surface area contributed by atoms with E-state index >= 15 is 0 Å². The van der Waals surface area contributed by atoms with Crippen LogP contribution in [0.5, 0.6) is 0 Å². The largest absolute Gasteiger partial charge is 0.317 e. The molecule has 0 aromatic heterocycles. The minimum Gasteiger partial charge on any atom is -0.317 e. The first-order chi connectivity index (χ1) is 9.03. The summed E-state index contributed by atoms with van der Waals surface area (Å²) in [4.78, 5) is 4.87. The summed E-state index contributed by atoms with van der Waals surface area (Å²) in [6.07, 6.45) is 2.73. The number of nitrogens with zero attached hydrogens (tertiary/aromatic N) is 2. The number of piperazine rings is 1. The standard InChI is InChI=1S/C12H28N4O2S/c1-3-6-13-7-4-5-12-19(17,18)14-16-10-8-15(2)9-11-16/h13-14H,3-12H2,1-2H3. The highest BCUT2D eigenvalue weighted by molar-refractivity contribution is 7.89. The molecule has 0 saturated carbocycles. The normalized spacial score (nSPS) is 18.8. The number of sulfonamides is 1. The zero-order valence-electron chi connectivity index (χ0n) is 12.2. The van der Waals surface area contributed by atoms with E-state index in [9.17, 15) is 8.42 Å². The molecule has 0 aromatic rings. The average Bonchev–Trinajstić information content (AvgIpc) is 2.36. The van der Waals surface area contributed by atoms with Crippen LogP contribution >= 0.6 is 0 Å². The van der Waals surface area contributed by atoms with Gasteiger partial charge in [0.05, 0.1) is 5.75 Å². The summed E-state index contributed by atoms with van der Waals surface area (Å²) in [6, 6.07) is 0. The van der Waals surface area contributed by atoms with Crippen LogP contribution in [-0.2, 0) is 10.0 Å². The summed E-state index contributed by atoms with van der Waals surface area (Å²) in [6.45, 7) is 7.36. The zero-order chi connectivity index (χ0) is 14.1. The van der Waals surface area contributed by atoms with Gasteiger partial charge >= 0.3 is 0 Å². The van der Waals surface area contributed by atoms with Gasteiger partial charge in [0.1, 0.15) is 0 Å². The first-order valence-electron chi connectivity index (χ1n) is 7.18.